The first kappa shape index (κ1) is 20.1. The lowest BCUT2D eigenvalue weighted by atomic mass is 10.0. The summed E-state index contributed by atoms with van der Waals surface area (Å²) in [6.07, 6.45) is 4.58. The maximum Gasteiger partial charge on any atom is 0.250 e. The molecule has 0 aliphatic carbocycles. The van der Waals surface area contributed by atoms with Gasteiger partial charge in [-0.2, -0.15) is 0 Å². The van der Waals surface area contributed by atoms with E-state index in [1.165, 1.54) is 6.07 Å². The van der Waals surface area contributed by atoms with E-state index in [1.807, 2.05) is 31.5 Å². The zero-order chi connectivity index (χ0) is 21.4. The molecular weight excluding hydrogens is 417 g/mol. The molecule has 2 aliphatic heterocycles. The largest absolute Gasteiger partial charge is 0.609 e. The van der Waals surface area contributed by atoms with Gasteiger partial charge in [0, 0.05) is 42.6 Å². The predicted molar refractivity (Wildman–Crippen MR) is 116 cm³/mol. The van der Waals surface area contributed by atoms with E-state index in [0.29, 0.717) is 23.2 Å². The topological polar surface area (TPSA) is 70.5 Å². The van der Waals surface area contributed by atoms with Crippen LogP contribution in [0.1, 0.15) is 12.0 Å². The highest BCUT2D eigenvalue weighted by Gasteiger charge is 2.27. The number of hydrogen-bond acceptors (Lipinski definition) is 6. The Bertz CT molecular complexity index is 1100. The molecule has 3 heterocycles. The number of aryl methyl sites for hydroxylation is 1. The molecular formula is C23H22FN3O3S. The van der Waals surface area contributed by atoms with Crippen LogP contribution in [0.15, 0.2) is 53.7 Å². The van der Waals surface area contributed by atoms with Crippen molar-refractivity contribution in [3.63, 3.8) is 0 Å². The van der Waals surface area contributed by atoms with Gasteiger partial charge < -0.3 is 18.9 Å². The molecule has 0 N–H and O–H groups in total. The Morgan fingerprint density at radius 2 is 1.97 bits per heavy atom. The summed E-state index contributed by atoms with van der Waals surface area (Å²) in [5, 5.41) is 0. The summed E-state index contributed by atoms with van der Waals surface area (Å²) < 4.78 is 37.7. The van der Waals surface area contributed by atoms with Crippen molar-refractivity contribution in [2.24, 2.45) is 5.92 Å². The van der Waals surface area contributed by atoms with Crippen molar-refractivity contribution < 1.29 is 18.4 Å². The monoisotopic (exact) mass is 439 g/mol. The average Bonchev–Trinajstić information content (AvgIpc) is 3.40. The number of nitrogens with zero attached hydrogens (tertiary/aromatic N) is 3. The molecule has 3 aromatic rings. The summed E-state index contributed by atoms with van der Waals surface area (Å²) in [5.74, 6) is 1.63. The first-order valence-electron chi connectivity index (χ1n) is 10.2. The molecule has 6 nitrogen and oxygen atoms in total. The standard InChI is InChI=1S/C23H22FN3O3S/c1-15-10-25-23(26-11-15)27-7-6-16(12-27)13-29-20-4-2-17(8-19(20)24)18-3-5-22-21(9-18)30-14-31(22)28/h2-5,8-11,16H,6-7,12-14H2,1H3/t16-,31+/m0/s1. The third-order valence-corrected chi connectivity index (χ3v) is 6.75. The molecule has 1 aromatic heterocycles. The highest BCUT2D eigenvalue weighted by atomic mass is 32.2. The molecule has 160 valence electrons. The van der Waals surface area contributed by atoms with Crippen molar-refractivity contribution in [1.29, 1.82) is 0 Å². The van der Waals surface area contributed by atoms with Crippen molar-refractivity contribution in [1.82, 2.24) is 9.97 Å². The highest BCUT2D eigenvalue weighted by Crippen LogP contribution is 2.36. The number of ether oxygens (including phenoxy) is 2. The van der Waals surface area contributed by atoms with E-state index < -0.39 is 17.0 Å². The number of benzene rings is 2. The van der Waals surface area contributed by atoms with Gasteiger partial charge in [-0.25, -0.2) is 14.4 Å². The smallest absolute Gasteiger partial charge is 0.250 e. The van der Waals surface area contributed by atoms with Gasteiger partial charge in [0.15, 0.2) is 22.2 Å². The maximum atomic E-state index is 14.7. The third-order valence-electron chi connectivity index (χ3n) is 5.59. The normalized spacial score (nSPS) is 19.9. The summed E-state index contributed by atoms with van der Waals surface area (Å²) in [5.41, 5.74) is 2.56. The third kappa shape index (κ3) is 4.18. The van der Waals surface area contributed by atoms with Gasteiger partial charge in [0.1, 0.15) is 0 Å². The number of halogens is 1. The summed E-state index contributed by atoms with van der Waals surface area (Å²) in [7, 11) is 0. The minimum Gasteiger partial charge on any atom is -0.609 e. The van der Waals surface area contributed by atoms with Crippen LogP contribution in [-0.2, 0) is 11.2 Å². The number of hydrogen-bond donors (Lipinski definition) is 0. The van der Waals surface area contributed by atoms with Crippen LogP contribution in [0.25, 0.3) is 11.1 Å². The van der Waals surface area contributed by atoms with E-state index in [1.54, 1.807) is 18.2 Å². The summed E-state index contributed by atoms with van der Waals surface area (Å²) in [4.78, 5) is 11.6. The van der Waals surface area contributed by atoms with Crippen molar-refractivity contribution >= 4 is 17.1 Å². The number of rotatable bonds is 5. The van der Waals surface area contributed by atoms with Crippen LogP contribution in [0.4, 0.5) is 10.3 Å². The van der Waals surface area contributed by atoms with Crippen LogP contribution in [0.2, 0.25) is 0 Å². The zero-order valence-electron chi connectivity index (χ0n) is 17.1. The predicted octanol–water partition coefficient (Wildman–Crippen LogP) is 3.95. The van der Waals surface area contributed by atoms with Crippen molar-refractivity contribution in [2.75, 3.05) is 30.5 Å². The molecule has 2 aromatic carbocycles. The Morgan fingerprint density at radius 1 is 1.19 bits per heavy atom. The Kier molecular flexibility index (Phi) is 5.41. The van der Waals surface area contributed by atoms with Crippen molar-refractivity contribution in [3.8, 4) is 22.6 Å². The molecule has 5 rings (SSSR count). The van der Waals surface area contributed by atoms with Gasteiger partial charge in [-0.1, -0.05) is 6.07 Å². The molecule has 1 fully saturated rings. The fourth-order valence-electron chi connectivity index (χ4n) is 3.87. The number of fused-ring (bicyclic) bond motifs is 1. The van der Waals surface area contributed by atoms with E-state index >= 15 is 0 Å². The van der Waals surface area contributed by atoms with Gasteiger partial charge in [-0.15, -0.1) is 0 Å². The molecule has 0 saturated carbocycles. The van der Waals surface area contributed by atoms with Gasteiger partial charge in [0.25, 0.3) is 5.94 Å². The van der Waals surface area contributed by atoms with Gasteiger partial charge in [0.05, 0.1) is 6.61 Å². The van der Waals surface area contributed by atoms with Gasteiger partial charge >= 0.3 is 0 Å². The van der Waals surface area contributed by atoms with Crippen LogP contribution in [0.5, 0.6) is 11.5 Å². The lowest BCUT2D eigenvalue weighted by Crippen LogP contribution is -2.23. The lowest BCUT2D eigenvalue weighted by molar-refractivity contribution is 0.250. The van der Waals surface area contributed by atoms with Crippen molar-refractivity contribution in [2.45, 2.75) is 18.2 Å². The van der Waals surface area contributed by atoms with E-state index in [4.69, 9.17) is 9.47 Å². The summed E-state index contributed by atoms with van der Waals surface area (Å²) >= 11 is -1.12. The zero-order valence-corrected chi connectivity index (χ0v) is 17.9. The van der Waals surface area contributed by atoms with Gasteiger partial charge in [-0.05, 0) is 60.4 Å². The van der Waals surface area contributed by atoms with Crippen LogP contribution in [0.3, 0.4) is 0 Å². The second-order valence-electron chi connectivity index (χ2n) is 7.89. The molecule has 2 atom stereocenters. The number of anilines is 1. The fraction of sp³-hybridized carbons (Fsp3) is 0.304. The Balaban J connectivity index is 1.22. The Morgan fingerprint density at radius 3 is 2.77 bits per heavy atom. The highest BCUT2D eigenvalue weighted by molar-refractivity contribution is 7.91. The van der Waals surface area contributed by atoms with E-state index in [-0.39, 0.29) is 11.7 Å². The molecule has 0 unspecified atom stereocenters. The molecule has 0 radical (unpaired) electrons. The molecule has 0 bridgehead atoms. The van der Waals surface area contributed by atoms with Crippen LogP contribution >= 0.6 is 0 Å². The lowest BCUT2D eigenvalue weighted by Gasteiger charge is -2.16. The summed E-state index contributed by atoms with van der Waals surface area (Å²) in [6, 6.07) is 10.4. The Hall–Kier alpha value is -2.84. The van der Waals surface area contributed by atoms with E-state index in [9.17, 15) is 8.94 Å². The minimum atomic E-state index is -1.12. The van der Waals surface area contributed by atoms with Crippen LogP contribution in [0, 0.1) is 18.7 Å². The Labute approximate surface area is 183 Å². The van der Waals surface area contributed by atoms with Crippen LogP contribution in [-0.4, -0.2) is 40.2 Å². The minimum absolute atomic E-state index is 0.175. The molecule has 8 heteroatoms. The van der Waals surface area contributed by atoms with Crippen LogP contribution < -0.4 is 14.4 Å². The number of aromatic nitrogens is 2. The van der Waals surface area contributed by atoms with Gasteiger partial charge in [-0.3, -0.25) is 0 Å². The average molecular weight is 440 g/mol. The molecule has 0 spiro atoms. The first-order valence-corrected chi connectivity index (χ1v) is 11.5. The van der Waals surface area contributed by atoms with E-state index in [2.05, 4.69) is 14.9 Å². The van der Waals surface area contributed by atoms with Gasteiger partial charge in [0.2, 0.25) is 5.95 Å². The second-order valence-corrected chi connectivity index (χ2v) is 9.25. The second kappa shape index (κ2) is 8.36. The van der Waals surface area contributed by atoms with Crippen molar-refractivity contribution in [3.05, 3.63) is 60.2 Å². The fourth-order valence-corrected chi connectivity index (χ4v) is 4.80. The quantitative estimate of drug-likeness (QED) is 0.561. The molecule has 2 aliphatic rings. The molecule has 0 amide bonds. The summed E-state index contributed by atoms with van der Waals surface area (Å²) in [6.45, 7) is 4.06. The molecule has 1 saturated heterocycles. The van der Waals surface area contributed by atoms with E-state index in [0.717, 1.165) is 42.1 Å². The maximum absolute atomic E-state index is 14.7. The first-order chi connectivity index (χ1) is 15.1. The molecule has 31 heavy (non-hydrogen) atoms. The SMILES string of the molecule is Cc1cnc(N2CC[C@H](COc3ccc(-c4ccc5c(c4)OC[S@@+]5[O-])cc3F)C2)nc1.